The molecule has 2 heterocycles. The Kier molecular flexibility index (Phi) is 2.16. The van der Waals surface area contributed by atoms with Crippen LogP contribution in [0, 0.1) is 3.57 Å². The Morgan fingerprint density at radius 2 is 2.50 bits per heavy atom. The van der Waals surface area contributed by atoms with Gasteiger partial charge in [-0.2, -0.15) is 5.10 Å². The van der Waals surface area contributed by atoms with Gasteiger partial charge in [-0.05, 0) is 29.5 Å². The highest BCUT2D eigenvalue weighted by Crippen LogP contribution is 2.19. The number of hydrogen-bond acceptors (Lipinski definition) is 2. The van der Waals surface area contributed by atoms with Crippen molar-refractivity contribution in [2.75, 3.05) is 0 Å². The summed E-state index contributed by atoms with van der Waals surface area (Å²) in [4.78, 5) is 2.36. The summed E-state index contributed by atoms with van der Waals surface area (Å²) in [5, 5.41) is 4.32. The van der Waals surface area contributed by atoms with E-state index in [0.717, 1.165) is 13.1 Å². The van der Waals surface area contributed by atoms with Crippen molar-refractivity contribution in [1.82, 2.24) is 14.6 Å². The lowest BCUT2D eigenvalue weighted by atomic mass is 10.1. The lowest BCUT2D eigenvalue weighted by Crippen LogP contribution is -2.39. The molecule has 1 aliphatic heterocycles. The predicted octanol–water partition coefficient (Wildman–Crippen LogP) is 0.240. The molecule has 3 nitrogen and oxygen atoms in total. The molecule has 1 aliphatic rings. The minimum Gasteiger partial charge on any atom is -0.340 e. The maximum Gasteiger partial charge on any atom is 0.186 e. The van der Waals surface area contributed by atoms with E-state index in [2.05, 4.69) is 52.1 Å². The predicted molar refractivity (Wildman–Crippen MR) is 58.5 cm³/mol. The summed E-state index contributed by atoms with van der Waals surface area (Å²) in [6, 6.07) is 0.605. The second kappa shape index (κ2) is 3.03. The highest BCUT2D eigenvalue weighted by atomic mass is 127. The largest absolute Gasteiger partial charge is 0.340 e. The maximum atomic E-state index is 4.32. The third kappa shape index (κ3) is 1.29. The van der Waals surface area contributed by atoms with Gasteiger partial charge in [-0.15, -0.1) is 0 Å². The zero-order chi connectivity index (χ0) is 8.72. The van der Waals surface area contributed by atoms with Crippen molar-refractivity contribution in [3.05, 3.63) is 15.5 Å². The molecule has 0 amide bonds. The van der Waals surface area contributed by atoms with Crippen LogP contribution in [0.25, 0.3) is 0 Å². The zero-order valence-corrected chi connectivity index (χ0v) is 9.45. The van der Waals surface area contributed by atoms with Gasteiger partial charge in [0.15, 0.2) is 7.98 Å². The second-order valence-electron chi connectivity index (χ2n) is 3.39. The van der Waals surface area contributed by atoms with Crippen LogP contribution in [0.5, 0.6) is 0 Å². The Morgan fingerprint density at radius 3 is 3.25 bits per heavy atom. The van der Waals surface area contributed by atoms with Crippen LogP contribution in [0.2, 0.25) is 0 Å². The van der Waals surface area contributed by atoms with Gasteiger partial charge in [0, 0.05) is 12.6 Å². The number of hydrogen-bond donors (Lipinski definition) is 0. The maximum absolute atomic E-state index is 4.32. The fourth-order valence-corrected chi connectivity index (χ4v) is 2.06. The van der Waals surface area contributed by atoms with E-state index in [1.54, 1.807) is 0 Å². The van der Waals surface area contributed by atoms with Crippen LogP contribution in [0.1, 0.15) is 12.6 Å². The number of halogens is 1. The summed E-state index contributed by atoms with van der Waals surface area (Å²) in [6.07, 6.45) is 1.95. The molecule has 2 rings (SSSR count). The van der Waals surface area contributed by atoms with Crippen molar-refractivity contribution in [2.24, 2.45) is 0 Å². The number of fused-ring (bicyclic) bond motifs is 1. The van der Waals surface area contributed by atoms with Gasteiger partial charge < -0.3 is 4.81 Å². The van der Waals surface area contributed by atoms with Crippen LogP contribution in [0.15, 0.2) is 6.20 Å². The van der Waals surface area contributed by atoms with Gasteiger partial charge in [-0.25, -0.2) is 0 Å². The average molecular weight is 275 g/mol. The van der Waals surface area contributed by atoms with Crippen LogP contribution in [-0.4, -0.2) is 28.6 Å². The first-order valence-corrected chi connectivity index (χ1v) is 5.17. The molecule has 0 saturated carbocycles. The number of aromatic nitrogens is 2. The van der Waals surface area contributed by atoms with E-state index in [9.17, 15) is 0 Å². The third-order valence-corrected chi connectivity index (χ3v) is 3.39. The Morgan fingerprint density at radius 1 is 1.75 bits per heavy atom. The van der Waals surface area contributed by atoms with Gasteiger partial charge in [0.1, 0.15) is 0 Å². The molecule has 1 aromatic heterocycles. The van der Waals surface area contributed by atoms with E-state index in [4.69, 9.17) is 0 Å². The molecule has 0 N–H and O–H groups in total. The summed E-state index contributed by atoms with van der Waals surface area (Å²) in [5.41, 5.74) is 1.36. The molecule has 0 aliphatic carbocycles. The van der Waals surface area contributed by atoms with Crippen molar-refractivity contribution in [2.45, 2.75) is 26.1 Å². The van der Waals surface area contributed by atoms with Gasteiger partial charge in [-0.3, -0.25) is 4.68 Å². The topological polar surface area (TPSA) is 21.1 Å². The van der Waals surface area contributed by atoms with Crippen molar-refractivity contribution < 1.29 is 0 Å². The normalized spacial score (nSPS) is 24.0. The molecule has 0 spiro atoms. The summed E-state index contributed by atoms with van der Waals surface area (Å²) in [6.45, 7) is 4.28. The molecular weight excluding hydrogens is 264 g/mol. The molecule has 0 fully saturated rings. The van der Waals surface area contributed by atoms with Gasteiger partial charge in [0.05, 0.1) is 22.0 Å². The van der Waals surface area contributed by atoms with E-state index in [0.29, 0.717) is 6.04 Å². The molecule has 1 atom stereocenters. The summed E-state index contributed by atoms with van der Waals surface area (Å²) >= 11 is 2.35. The van der Waals surface area contributed by atoms with Crippen LogP contribution < -0.4 is 0 Å². The lowest BCUT2D eigenvalue weighted by Gasteiger charge is -2.31. The van der Waals surface area contributed by atoms with E-state index < -0.39 is 0 Å². The number of nitrogens with zero attached hydrogens (tertiary/aromatic N) is 3. The lowest BCUT2D eigenvalue weighted by molar-refractivity contribution is 0.258. The molecule has 64 valence electrons. The first-order chi connectivity index (χ1) is 5.68. The van der Waals surface area contributed by atoms with Crippen LogP contribution in [0.3, 0.4) is 0 Å². The molecule has 0 aromatic carbocycles. The van der Waals surface area contributed by atoms with Gasteiger partial charge in [-0.1, -0.05) is 0 Å². The van der Waals surface area contributed by atoms with Crippen molar-refractivity contribution in [1.29, 1.82) is 0 Å². The molecule has 5 heteroatoms. The molecule has 0 saturated heterocycles. The minimum atomic E-state index is 0.605. The van der Waals surface area contributed by atoms with Crippen LogP contribution >= 0.6 is 22.6 Å². The fourth-order valence-electron chi connectivity index (χ4n) is 1.48. The highest BCUT2D eigenvalue weighted by Gasteiger charge is 2.21. The van der Waals surface area contributed by atoms with Crippen LogP contribution in [-0.2, 0) is 13.1 Å². The Balaban J connectivity index is 2.36. The quantitative estimate of drug-likeness (QED) is 0.499. The van der Waals surface area contributed by atoms with Gasteiger partial charge in [0.25, 0.3) is 0 Å². The van der Waals surface area contributed by atoms with Gasteiger partial charge >= 0.3 is 0 Å². The molecule has 1 aromatic rings. The first kappa shape index (κ1) is 8.56. The van der Waals surface area contributed by atoms with E-state index in [1.807, 2.05) is 6.20 Å². The van der Waals surface area contributed by atoms with Crippen molar-refractivity contribution in [3.63, 3.8) is 0 Å². The Hall–Kier alpha value is -0.0351. The summed E-state index contributed by atoms with van der Waals surface area (Å²) in [7, 11) is 2.16. The molecule has 0 radical (unpaired) electrons. The first-order valence-electron chi connectivity index (χ1n) is 4.09. The van der Waals surface area contributed by atoms with Crippen LogP contribution in [0.4, 0.5) is 0 Å². The zero-order valence-electron chi connectivity index (χ0n) is 7.29. The SMILES string of the molecule is BN1Cc2c(I)cnn2C[C@@H]1C. The molecule has 0 bridgehead atoms. The summed E-state index contributed by atoms with van der Waals surface area (Å²) in [5.74, 6) is 0. The summed E-state index contributed by atoms with van der Waals surface area (Å²) < 4.78 is 3.40. The van der Waals surface area contributed by atoms with E-state index in [-0.39, 0.29) is 0 Å². The second-order valence-corrected chi connectivity index (χ2v) is 4.55. The minimum absolute atomic E-state index is 0.605. The monoisotopic (exact) mass is 275 g/mol. The Bertz CT molecular complexity index is 299. The highest BCUT2D eigenvalue weighted by molar-refractivity contribution is 14.1. The molecular formula is C7H11BIN3. The van der Waals surface area contributed by atoms with Crippen molar-refractivity contribution in [3.8, 4) is 0 Å². The third-order valence-electron chi connectivity index (χ3n) is 2.49. The fraction of sp³-hybridized carbons (Fsp3) is 0.571. The van der Waals surface area contributed by atoms with E-state index in [1.165, 1.54) is 9.26 Å². The van der Waals surface area contributed by atoms with E-state index >= 15 is 0 Å². The average Bonchev–Trinajstić information content (AvgIpc) is 2.35. The standard InChI is InChI=1S/C7H11BIN3/c1-5-3-12-7(4-11(5)8)6(9)2-10-12/h2,5H,3-4,8H2,1H3/t5-/m0/s1. The molecule has 0 unspecified atom stereocenters. The smallest absolute Gasteiger partial charge is 0.186 e. The molecule has 12 heavy (non-hydrogen) atoms. The van der Waals surface area contributed by atoms with Crippen molar-refractivity contribution >= 4 is 30.6 Å². The number of rotatable bonds is 0. The van der Waals surface area contributed by atoms with Gasteiger partial charge in [0.2, 0.25) is 0 Å². The Labute approximate surface area is 86.7 Å².